The zero-order valence-corrected chi connectivity index (χ0v) is 17.9. The highest BCUT2D eigenvalue weighted by Gasteiger charge is 2.31. The molecule has 4 heterocycles. The zero-order chi connectivity index (χ0) is 22.9. The second-order valence-electron chi connectivity index (χ2n) is 7.96. The Morgan fingerprint density at radius 2 is 1.94 bits per heavy atom. The molecule has 0 bridgehead atoms. The molecule has 32 heavy (non-hydrogen) atoms. The zero-order valence-electron chi connectivity index (χ0n) is 17.9. The Morgan fingerprint density at radius 3 is 2.59 bits per heavy atom. The van der Waals surface area contributed by atoms with Crippen LogP contribution in [0.4, 0.5) is 19.0 Å². The summed E-state index contributed by atoms with van der Waals surface area (Å²) in [7, 11) is 0. The molecule has 3 aromatic heterocycles. The van der Waals surface area contributed by atoms with Gasteiger partial charge in [0.2, 0.25) is 5.91 Å². The molecule has 1 N–H and O–H groups in total. The standard InChI is InChI=1S/C21H24F3N7O/c1-13-17(14(2)31-20(28-13)26-12-27-31)4-6-19(32)29-16-7-9-30(10-8-16)18-5-3-15(11-25-18)21(22,23)24/h3,5,11-12,16H,4,6-10H2,1-2H3,(H,29,32). The van der Waals surface area contributed by atoms with E-state index in [1.54, 1.807) is 4.52 Å². The molecule has 1 saturated heterocycles. The van der Waals surface area contributed by atoms with Crippen molar-refractivity contribution in [3.63, 3.8) is 0 Å². The number of rotatable bonds is 5. The van der Waals surface area contributed by atoms with Crippen LogP contribution >= 0.6 is 0 Å². The molecule has 0 atom stereocenters. The van der Waals surface area contributed by atoms with Crippen molar-refractivity contribution < 1.29 is 18.0 Å². The van der Waals surface area contributed by atoms with Crippen molar-refractivity contribution in [3.8, 4) is 0 Å². The molecule has 1 fully saturated rings. The van der Waals surface area contributed by atoms with E-state index in [9.17, 15) is 18.0 Å². The molecule has 0 aliphatic carbocycles. The number of nitrogens with zero attached hydrogens (tertiary/aromatic N) is 6. The first-order chi connectivity index (χ1) is 15.2. The molecular weight excluding hydrogens is 423 g/mol. The lowest BCUT2D eigenvalue weighted by Crippen LogP contribution is -2.45. The molecule has 4 rings (SSSR count). The smallest absolute Gasteiger partial charge is 0.356 e. The summed E-state index contributed by atoms with van der Waals surface area (Å²) in [5.74, 6) is 1.03. The molecule has 3 aromatic rings. The molecule has 0 radical (unpaired) electrons. The topological polar surface area (TPSA) is 88.3 Å². The van der Waals surface area contributed by atoms with Gasteiger partial charge in [-0.15, -0.1) is 0 Å². The van der Waals surface area contributed by atoms with Gasteiger partial charge in [-0.3, -0.25) is 4.79 Å². The first kappa shape index (κ1) is 22.0. The number of amides is 1. The molecule has 0 spiro atoms. The highest BCUT2D eigenvalue weighted by molar-refractivity contribution is 5.76. The fourth-order valence-corrected chi connectivity index (χ4v) is 4.05. The molecule has 1 aliphatic heterocycles. The van der Waals surface area contributed by atoms with Gasteiger partial charge in [0.05, 0.1) is 5.56 Å². The SMILES string of the molecule is Cc1nc2ncnn2c(C)c1CCC(=O)NC1CCN(c2ccc(C(F)(F)F)cn2)CC1. The first-order valence-electron chi connectivity index (χ1n) is 10.5. The van der Waals surface area contributed by atoms with Crippen LogP contribution in [0.25, 0.3) is 5.78 Å². The Labute approximate surface area is 182 Å². The van der Waals surface area contributed by atoms with Gasteiger partial charge < -0.3 is 10.2 Å². The summed E-state index contributed by atoms with van der Waals surface area (Å²) in [4.78, 5) is 26.9. The minimum Gasteiger partial charge on any atom is -0.356 e. The summed E-state index contributed by atoms with van der Waals surface area (Å²) in [6.45, 7) is 5.08. The third-order valence-corrected chi connectivity index (χ3v) is 5.85. The van der Waals surface area contributed by atoms with E-state index in [2.05, 4.69) is 25.4 Å². The predicted octanol–water partition coefficient (Wildman–Crippen LogP) is 2.87. The van der Waals surface area contributed by atoms with Crippen LogP contribution in [-0.4, -0.2) is 49.6 Å². The van der Waals surface area contributed by atoms with E-state index < -0.39 is 11.7 Å². The van der Waals surface area contributed by atoms with Crippen LogP contribution in [0.3, 0.4) is 0 Å². The van der Waals surface area contributed by atoms with Crippen molar-refractivity contribution in [2.75, 3.05) is 18.0 Å². The molecule has 170 valence electrons. The fraction of sp³-hybridized carbons (Fsp3) is 0.476. The van der Waals surface area contributed by atoms with Crippen molar-refractivity contribution in [2.45, 2.75) is 51.7 Å². The second kappa shape index (κ2) is 8.71. The largest absolute Gasteiger partial charge is 0.417 e. The summed E-state index contributed by atoms with van der Waals surface area (Å²) in [5, 5.41) is 7.24. The van der Waals surface area contributed by atoms with E-state index in [-0.39, 0.29) is 11.9 Å². The van der Waals surface area contributed by atoms with Crippen LogP contribution in [0.2, 0.25) is 0 Å². The minimum atomic E-state index is -4.39. The highest BCUT2D eigenvalue weighted by Crippen LogP contribution is 2.29. The Hall–Kier alpha value is -3.24. The number of hydrogen-bond acceptors (Lipinski definition) is 6. The maximum Gasteiger partial charge on any atom is 0.417 e. The third-order valence-electron chi connectivity index (χ3n) is 5.85. The number of carbonyl (C=O) groups excluding carboxylic acids is 1. The van der Waals surface area contributed by atoms with Gasteiger partial charge in [0.1, 0.15) is 12.1 Å². The van der Waals surface area contributed by atoms with Gasteiger partial charge in [-0.2, -0.15) is 23.3 Å². The monoisotopic (exact) mass is 447 g/mol. The van der Waals surface area contributed by atoms with Crippen molar-refractivity contribution in [3.05, 3.63) is 47.2 Å². The number of hydrogen-bond donors (Lipinski definition) is 1. The van der Waals surface area contributed by atoms with Crippen LogP contribution < -0.4 is 10.2 Å². The number of piperidine rings is 1. The maximum absolute atomic E-state index is 12.7. The van der Waals surface area contributed by atoms with Crippen molar-refractivity contribution >= 4 is 17.5 Å². The summed E-state index contributed by atoms with van der Waals surface area (Å²) in [6.07, 6.45) is 0.232. The van der Waals surface area contributed by atoms with E-state index in [1.807, 2.05) is 18.7 Å². The van der Waals surface area contributed by atoms with Crippen molar-refractivity contribution in [1.82, 2.24) is 29.9 Å². The van der Waals surface area contributed by atoms with Gasteiger partial charge in [0.25, 0.3) is 5.78 Å². The normalized spacial score (nSPS) is 15.3. The third kappa shape index (κ3) is 4.66. The number of aromatic nitrogens is 5. The van der Waals surface area contributed by atoms with Crippen LogP contribution in [0, 0.1) is 13.8 Å². The molecule has 0 aromatic carbocycles. The predicted molar refractivity (Wildman–Crippen MR) is 111 cm³/mol. The average molecular weight is 447 g/mol. The van der Waals surface area contributed by atoms with Gasteiger partial charge in [-0.1, -0.05) is 0 Å². The van der Waals surface area contributed by atoms with Crippen molar-refractivity contribution in [2.24, 2.45) is 0 Å². The number of alkyl halides is 3. The molecule has 1 aliphatic rings. The van der Waals surface area contributed by atoms with Crippen LogP contribution in [0.15, 0.2) is 24.7 Å². The Morgan fingerprint density at radius 1 is 1.19 bits per heavy atom. The molecule has 0 saturated carbocycles. The quantitative estimate of drug-likeness (QED) is 0.647. The lowest BCUT2D eigenvalue weighted by Gasteiger charge is -2.33. The van der Waals surface area contributed by atoms with Crippen LogP contribution in [0.1, 0.15) is 41.8 Å². The lowest BCUT2D eigenvalue weighted by molar-refractivity contribution is -0.137. The number of halogens is 3. The molecule has 0 unspecified atom stereocenters. The molecular formula is C21H24F3N7O. The van der Waals surface area contributed by atoms with E-state index in [0.717, 1.165) is 29.2 Å². The first-order valence-corrected chi connectivity index (χ1v) is 10.5. The van der Waals surface area contributed by atoms with Gasteiger partial charge >= 0.3 is 6.18 Å². The number of fused-ring (bicyclic) bond motifs is 1. The molecule has 1 amide bonds. The van der Waals surface area contributed by atoms with Gasteiger partial charge in [-0.05, 0) is 50.8 Å². The Bertz CT molecular complexity index is 1100. The van der Waals surface area contributed by atoms with Crippen LogP contribution in [-0.2, 0) is 17.4 Å². The van der Waals surface area contributed by atoms with Gasteiger partial charge in [0, 0.05) is 43.1 Å². The Balaban J connectivity index is 1.28. The van der Waals surface area contributed by atoms with Crippen molar-refractivity contribution in [1.29, 1.82) is 0 Å². The number of nitrogens with one attached hydrogen (secondary N) is 1. The van der Waals surface area contributed by atoms with Crippen LogP contribution in [0.5, 0.6) is 0 Å². The summed E-state index contributed by atoms with van der Waals surface area (Å²) < 4.78 is 39.8. The summed E-state index contributed by atoms with van der Waals surface area (Å²) >= 11 is 0. The van der Waals surface area contributed by atoms with E-state index in [0.29, 0.717) is 50.4 Å². The van der Waals surface area contributed by atoms with E-state index >= 15 is 0 Å². The summed E-state index contributed by atoms with van der Waals surface area (Å²) in [6, 6.07) is 2.48. The number of pyridine rings is 1. The Kier molecular flexibility index (Phi) is 5.98. The number of anilines is 1. The second-order valence-corrected chi connectivity index (χ2v) is 7.96. The lowest BCUT2D eigenvalue weighted by atomic mass is 10.0. The fourth-order valence-electron chi connectivity index (χ4n) is 4.05. The van der Waals surface area contributed by atoms with Gasteiger partial charge in [0.15, 0.2) is 0 Å². The maximum atomic E-state index is 12.7. The van der Waals surface area contributed by atoms with E-state index in [4.69, 9.17) is 0 Å². The number of aryl methyl sites for hydroxylation is 2. The average Bonchev–Trinajstić information content (AvgIpc) is 3.22. The minimum absolute atomic E-state index is 0.0336. The molecule has 8 nitrogen and oxygen atoms in total. The summed E-state index contributed by atoms with van der Waals surface area (Å²) in [5.41, 5.74) is 2.00. The number of carbonyl (C=O) groups is 1. The van der Waals surface area contributed by atoms with E-state index in [1.165, 1.54) is 12.4 Å². The molecule has 11 heteroatoms. The highest BCUT2D eigenvalue weighted by atomic mass is 19.4. The van der Waals surface area contributed by atoms with Gasteiger partial charge in [-0.25, -0.2) is 14.5 Å².